The number of hydrogen-bond donors (Lipinski definition) is 11. The smallest absolute Gasteiger partial charge is 0.202 e. The number of guanidine groups is 1. The third-order valence-electron chi connectivity index (χ3n) is 23.4. The van der Waals surface area contributed by atoms with Crippen molar-refractivity contribution in [3.05, 3.63) is 172 Å². The Labute approximate surface area is 557 Å². The van der Waals surface area contributed by atoms with Gasteiger partial charge in [0.25, 0.3) is 0 Å². The van der Waals surface area contributed by atoms with Gasteiger partial charge in [-0.2, -0.15) is 4.99 Å². The molecular formula is C79H102N8O7. The van der Waals surface area contributed by atoms with Crippen molar-refractivity contribution in [2.24, 2.45) is 80.6 Å². The molecule has 15 heteroatoms. The van der Waals surface area contributed by atoms with E-state index in [1.165, 1.54) is 29.2 Å². The minimum atomic E-state index is -0.715. The van der Waals surface area contributed by atoms with Crippen LogP contribution in [0.1, 0.15) is 130 Å². The molecule has 5 heterocycles. The number of nitrogens with zero attached hydrogens (tertiary/aromatic N) is 1. The number of aliphatic hydroxyl groups excluding tert-OH is 3. The summed E-state index contributed by atoms with van der Waals surface area (Å²) < 4.78 is 5.52. The number of phenolic OH excluding ortho intramolecular Hbond substituents is 1. The highest BCUT2D eigenvalue weighted by Crippen LogP contribution is 2.71. The Hall–Kier alpha value is -6.87. The monoisotopic (exact) mass is 1270 g/mol. The first-order valence-corrected chi connectivity index (χ1v) is 35.4. The van der Waals surface area contributed by atoms with Gasteiger partial charge < -0.3 is 63.2 Å². The van der Waals surface area contributed by atoms with Crippen LogP contribution >= 0.6 is 0 Å². The zero-order valence-electron chi connectivity index (χ0n) is 55.1. The fraction of sp³-hybridized carbons (Fsp3) is 0.532. The highest BCUT2D eigenvalue weighted by atomic mass is 16.6. The third-order valence-corrected chi connectivity index (χ3v) is 23.4. The van der Waals surface area contributed by atoms with Crippen LogP contribution in [0.5, 0.6) is 11.5 Å². The van der Waals surface area contributed by atoms with Gasteiger partial charge in [-0.3, -0.25) is 9.59 Å². The topological polar surface area (TPSA) is 249 Å². The zero-order chi connectivity index (χ0) is 65.2. The number of benzene rings is 4. The Kier molecular flexibility index (Phi) is 22.1. The van der Waals surface area contributed by atoms with E-state index in [9.17, 15) is 30.0 Å². The molecule has 15 atom stereocenters. The lowest BCUT2D eigenvalue weighted by molar-refractivity contribution is -0.126. The second kappa shape index (κ2) is 30.9. The summed E-state index contributed by atoms with van der Waals surface area (Å²) in [5, 5.41) is 62.7. The van der Waals surface area contributed by atoms with Gasteiger partial charge in [0.1, 0.15) is 5.78 Å². The van der Waals surface area contributed by atoms with E-state index in [1.807, 2.05) is 25.3 Å². The van der Waals surface area contributed by atoms with Crippen LogP contribution in [0, 0.1) is 76.1 Å². The van der Waals surface area contributed by atoms with E-state index in [0.29, 0.717) is 91.0 Å². The van der Waals surface area contributed by atoms with E-state index in [1.54, 1.807) is 12.1 Å². The summed E-state index contributed by atoms with van der Waals surface area (Å²) in [4.78, 5) is 34.1. The molecule has 0 amide bonds. The molecule has 500 valence electrons. The van der Waals surface area contributed by atoms with Crippen molar-refractivity contribution in [2.45, 2.75) is 153 Å². The highest BCUT2D eigenvalue weighted by molar-refractivity contribution is 6.08. The van der Waals surface area contributed by atoms with Gasteiger partial charge in [0.2, 0.25) is 5.96 Å². The van der Waals surface area contributed by atoms with Gasteiger partial charge in [-0.15, -0.1) is 0 Å². The van der Waals surface area contributed by atoms with Crippen molar-refractivity contribution in [3.8, 4) is 23.5 Å². The molecule has 0 aromatic heterocycles. The number of nitrogens with two attached hydrogens (primary N) is 2. The minimum absolute atomic E-state index is 0.0184. The Bertz CT molecular complexity index is 3500. The average molecular weight is 1280 g/mol. The number of aliphatic hydroxyl groups is 3. The summed E-state index contributed by atoms with van der Waals surface area (Å²) in [6.45, 7) is 4.77. The quantitative estimate of drug-likeness (QED) is 0.0217. The fourth-order valence-corrected chi connectivity index (χ4v) is 19.4. The number of carbonyl (C=O) groups excluding carboxylic acids is 2. The molecule has 5 fully saturated rings. The Morgan fingerprint density at radius 1 is 0.872 bits per heavy atom. The molecule has 4 aromatic rings. The van der Waals surface area contributed by atoms with Crippen LogP contribution in [-0.4, -0.2) is 108 Å². The number of allylic oxidation sites excluding steroid dienone is 3. The van der Waals surface area contributed by atoms with Crippen LogP contribution in [0.25, 0.3) is 5.57 Å². The number of hydrogen-bond acceptors (Lipinski definition) is 15. The summed E-state index contributed by atoms with van der Waals surface area (Å²) in [5.74, 6) is 6.09. The predicted octanol–water partition coefficient (Wildman–Crippen LogP) is 9.13. The summed E-state index contributed by atoms with van der Waals surface area (Å²) >= 11 is 0. The molecule has 1 saturated heterocycles. The van der Waals surface area contributed by atoms with Crippen LogP contribution in [0.3, 0.4) is 0 Å². The van der Waals surface area contributed by atoms with Gasteiger partial charge >= 0.3 is 0 Å². The van der Waals surface area contributed by atoms with Crippen LogP contribution < -0.4 is 42.8 Å². The molecule has 13 rings (SSSR count). The SMILES string of the molecule is C[C@H](O)CN[C@@H]1C[C@@]2(C[C@@H]3[C@@H]4CCNC[C@@H]4C[C@@H]4C=CCN[C@@H]34)C[C@@H]3CC[C@H]2[C@]12CC[C@H](C2)[C@H](CCc1ccccc1)CNC(N)=NC#CC[C@@H](Cc1cccc(CCc2ccccc2)c1)C1=CC(N)NC=C1Cc1cc(O)c(OCO)cc1/C(CO)=C/C(=O)CC(=O)C3. The molecule has 0 radical (unpaired) electrons. The van der Waals surface area contributed by atoms with Crippen LogP contribution in [0.2, 0.25) is 0 Å². The largest absolute Gasteiger partial charge is 0.504 e. The first-order valence-electron chi connectivity index (χ1n) is 35.4. The van der Waals surface area contributed by atoms with E-state index in [2.05, 4.69) is 130 Å². The standard InChI is InChI=1S/C79H102N8O7/c1-51(90)45-85-74-44-78(43-70-67-26-30-82-46-62(67)34-58-18-10-28-83-76(58)70)41-56-22-24-73(78)79(74)27-25-59(42-79)60(23-21-53-13-6-3-7-14-53)47-87-77(81)84-29-9-17-57(32-55-16-8-15-54(31-55)20-19-52-11-4-2-5-12-52)69-40-75(80)86-48-63(69)35-61-37-71(93)72(94-50-89)39-68(61)64(49-88)36-66(92)38-65(91)33-56/h2-8,10-16,18,31,36-37,39-40,48,51,56-60,62,67,70,73-76,82-83,85-86,88-90,93H,17,19-28,30,32-35,38,41-47,49-50,80H2,1H3,(H3,81,84,87)/b64-36+/t51-,56+,57-,58-,59+,60+,62-,67+,70+,73+,74+,75?,76+,78-,79+/m0/s1. The second-order valence-electron chi connectivity index (χ2n) is 29.3. The number of ketones is 2. The molecule has 4 aliphatic carbocycles. The first kappa shape index (κ1) is 67.1. The molecule has 94 heavy (non-hydrogen) atoms. The van der Waals surface area contributed by atoms with E-state index >= 15 is 0 Å². The number of piperidine rings is 1. The van der Waals surface area contributed by atoms with E-state index in [4.69, 9.17) is 21.2 Å². The number of dihydropyridines is 1. The molecule has 9 aliphatic rings. The minimum Gasteiger partial charge on any atom is -0.504 e. The molecule has 4 saturated carbocycles. The lowest BCUT2D eigenvalue weighted by atomic mass is 9.52. The van der Waals surface area contributed by atoms with Gasteiger partial charge in [0.15, 0.2) is 24.1 Å². The second-order valence-corrected chi connectivity index (χ2v) is 29.3. The molecule has 13 N–H and O–H groups in total. The van der Waals surface area contributed by atoms with Crippen molar-refractivity contribution in [1.82, 2.24) is 26.6 Å². The first-order chi connectivity index (χ1) is 45.7. The van der Waals surface area contributed by atoms with Crippen molar-refractivity contribution in [2.75, 3.05) is 46.1 Å². The van der Waals surface area contributed by atoms with E-state index in [-0.39, 0.29) is 70.3 Å². The molecule has 4 aromatic carbocycles. The lowest BCUT2D eigenvalue weighted by Crippen LogP contribution is -2.57. The van der Waals surface area contributed by atoms with Crippen LogP contribution in [0.15, 0.2) is 144 Å². The summed E-state index contributed by atoms with van der Waals surface area (Å²) in [7, 11) is 0. The van der Waals surface area contributed by atoms with E-state index < -0.39 is 31.5 Å². The number of phenols is 1. The molecule has 5 aliphatic heterocycles. The predicted molar refractivity (Wildman–Crippen MR) is 372 cm³/mol. The Balaban J connectivity index is 0.918. The van der Waals surface area contributed by atoms with Gasteiger partial charge in [-0.1, -0.05) is 103 Å². The van der Waals surface area contributed by atoms with Gasteiger partial charge in [-0.05, 0) is 261 Å². The molecule has 1 unspecified atom stereocenters. The van der Waals surface area contributed by atoms with Crippen LogP contribution in [0.4, 0.5) is 0 Å². The van der Waals surface area contributed by atoms with Gasteiger partial charge in [0, 0.05) is 56.8 Å². The Morgan fingerprint density at radius 3 is 2.46 bits per heavy atom. The Morgan fingerprint density at radius 2 is 1.66 bits per heavy atom. The number of aliphatic imine (C=N–C) groups is 1. The molecule has 5 bridgehead atoms. The summed E-state index contributed by atoms with van der Waals surface area (Å²) in [6, 6.07) is 36.9. The maximum Gasteiger partial charge on any atom is 0.202 e. The van der Waals surface area contributed by atoms with Crippen molar-refractivity contribution in [3.63, 3.8) is 0 Å². The summed E-state index contributed by atoms with van der Waals surface area (Å²) in [6.07, 6.45) is 24.6. The number of ether oxygens (including phenoxy) is 1. The number of fused-ring (bicyclic) bond motifs is 13. The third kappa shape index (κ3) is 15.8. The summed E-state index contributed by atoms with van der Waals surface area (Å²) in [5.41, 5.74) is 21.6. The number of aromatic hydroxyl groups is 1. The zero-order valence-corrected chi connectivity index (χ0v) is 55.1. The van der Waals surface area contributed by atoms with Crippen molar-refractivity contribution < 1.29 is 34.8 Å². The highest BCUT2D eigenvalue weighted by Gasteiger charge is 2.66. The number of nitrogens with one attached hydrogen (secondary N) is 5. The molecule has 1 spiro atoms. The average Bonchev–Trinajstić information content (AvgIpc) is 1.53. The number of rotatable bonds is 16. The lowest BCUT2D eigenvalue weighted by Gasteiger charge is -2.55. The van der Waals surface area contributed by atoms with Gasteiger partial charge in [-0.25, -0.2) is 0 Å². The van der Waals surface area contributed by atoms with Crippen molar-refractivity contribution >= 4 is 23.1 Å². The molecule has 15 nitrogen and oxygen atoms in total. The number of Topliss-reactive ketones (excluding diaryl/α,β-unsaturated/α-hetero) is 1. The normalized spacial score (nSPS) is 32.2. The van der Waals surface area contributed by atoms with Crippen LogP contribution in [-0.2, 0) is 41.7 Å². The maximum atomic E-state index is 14.8. The molecular weight excluding hydrogens is 1170 g/mol. The fourth-order valence-electron chi connectivity index (χ4n) is 19.4. The van der Waals surface area contributed by atoms with E-state index in [0.717, 1.165) is 120 Å². The van der Waals surface area contributed by atoms with Crippen molar-refractivity contribution in [1.29, 1.82) is 0 Å². The number of aryl methyl sites for hydroxylation is 3. The number of carbonyl (C=O) groups is 2. The van der Waals surface area contributed by atoms with Gasteiger partial charge in [0.05, 0.1) is 25.3 Å². The maximum absolute atomic E-state index is 14.8.